The maximum atomic E-state index is 14.0. The van der Waals surface area contributed by atoms with Crippen molar-refractivity contribution in [2.75, 3.05) is 49.9 Å². The summed E-state index contributed by atoms with van der Waals surface area (Å²) in [6.45, 7) is 12.3. The Bertz CT molecular complexity index is 1570. The molecule has 2 aliphatic heterocycles. The summed E-state index contributed by atoms with van der Waals surface area (Å²) in [5.41, 5.74) is 10.9. The van der Waals surface area contributed by atoms with Crippen LogP contribution in [0.4, 0.5) is 11.5 Å². The summed E-state index contributed by atoms with van der Waals surface area (Å²) in [4.78, 5) is 51.9. The first kappa shape index (κ1) is 34.2. The molecule has 47 heavy (non-hydrogen) atoms. The van der Waals surface area contributed by atoms with Crippen LogP contribution in [0.3, 0.4) is 0 Å². The van der Waals surface area contributed by atoms with E-state index in [0.29, 0.717) is 32.0 Å². The van der Waals surface area contributed by atoms with E-state index in [1.165, 1.54) is 4.90 Å². The molecule has 0 radical (unpaired) electrons. The molecule has 4 atom stereocenters. The second-order valence-corrected chi connectivity index (χ2v) is 14.3. The van der Waals surface area contributed by atoms with Gasteiger partial charge < -0.3 is 31.3 Å². The Morgan fingerprint density at radius 3 is 2.40 bits per heavy atom. The third-order valence-corrected chi connectivity index (χ3v) is 9.84. The van der Waals surface area contributed by atoms with Crippen molar-refractivity contribution in [2.45, 2.75) is 65.3 Å². The lowest BCUT2D eigenvalue weighted by Crippen LogP contribution is -2.59. The van der Waals surface area contributed by atoms with Gasteiger partial charge >= 0.3 is 0 Å². The molecule has 0 saturated carbocycles. The van der Waals surface area contributed by atoms with E-state index in [-0.39, 0.29) is 43.3 Å². The maximum Gasteiger partial charge on any atom is 0.246 e. The molecule has 0 aliphatic carbocycles. The van der Waals surface area contributed by atoms with Crippen molar-refractivity contribution in [3.63, 3.8) is 0 Å². The zero-order valence-electron chi connectivity index (χ0n) is 27.6. The molecule has 13 nitrogen and oxygen atoms in total. The monoisotopic (exact) mass is 663 g/mol. The van der Waals surface area contributed by atoms with Crippen LogP contribution in [-0.2, 0) is 14.4 Å². The highest BCUT2D eigenvalue weighted by Gasteiger charge is 2.44. The molecule has 3 aromatic rings. The van der Waals surface area contributed by atoms with Crippen LogP contribution < -0.4 is 21.3 Å². The predicted octanol–water partition coefficient (Wildman–Crippen LogP) is 1.98. The number of aliphatic hydroxyl groups excluding tert-OH is 1. The quantitative estimate of drug-likeness (QED) is 0.266. The lowest BCUT2D eigenvalue weighted by molar-refractivity contribution is -0.144. The zero-order chi connectivity index (χ0) is 33.9. The summed E-state index contributed by atoms with van der Waals surface area (Å²) in [7, 11) is 0. The molecule has 1 aromatic carbocycles. The number of thiazole rings is 1. The zero-order valence-corrected chi connectivity index (χ0v) is 28.5. The second-order valence-electron chi connectivity index (χ2n) is 13.4. The van der Waals surface area contributed by atoms with Gasteiger partial charge in [-0.05, 0) is 36.5 Å². The topological polar surface area (TPSA) is 170 Å². The van der Waals surface area contributed by atoms with Crippen molar-refractivity contribution < 1.29 is 19.5 Å². The van der Waals surface area contributed by atoms with E-state index in [9.17, 15) is 19.5 Å². The molecule has 4 heterocycles. The number of aliphatic hydroxyl groups is 1. The standard InChI is InChI=1S/C33H45N9O4S/c1-20(22-6-8-23(9-7-22)28-21(2)35-19-47-28)37-31(45)26-16-24(43)17-42(26)32(46)29(33(3,4)5)38-27(44)18-40-12-14-41(15-13-40)25-10-11-36-39-30(25)34/h6-11,19-20,24,26,29,43H,12-18H2,1-5H3,(H2,34,39)(H,37,45)(H,38,44)/t20-,24+,26-,29?/m0/s1. The molecule has 5 N–H and O–H groups in total. The van der Waals surface area contributed by atoms with Crippen molar-refractivity contribution in [2.24, 2.45) is 5.41 Å². The molecule has 2 fully saturated rings. The summed E-state index contributed by atoms with van der Waals surface area (Å²) in [5.74, 6) is -0.630. The van der Waals surface area contributed by atoms with Gasteiger partial charge in [0, 0.05) is 39.1 Å². The number of aromatic nitrogens is 3. The van der Waals surface area contributed by atoms with Gasteiger partial charge in [0.1, 0.15) is 12.1 Å². The largest absolute Gasteiger partial charge is 0.391 e. The average molecular weight is 664 g/mol. The number of nitrogens with one attached hydrogen (secondary N) is 2. The lowest BCUT2D eigenvalue weighted by atomic mass is 9.85. The van der Waals surface area contributed by atoms with Gasteiger partial charge in [-0.2, -0.15) is 5.10 Å². The summed E-state index contributed by atoms with van der Waals surface area (Å²) in [6.07, 6.45) is 0.887. The second kappa shape index (κ2) is 14.3. The Labute approximate surface area is 279 Å². The van der Waals surface area contributed by atoms with E-state index < -0.39 is 23.6 Å². The minimum Gasteiger partial charge on any atom is -0.391 e. The van der Waals surface area contributed by atoms with E-state index in [4.69, 9.17) is 5.73 Å². The molecule has 2 aliphatic rings. The van der Waals surface area contributed by atoms with Crippen LogP contribution in [0, 0.1) is 12.3 Å². The first-order chi connectivity index (χ1) is 22.3. The van der Waals surface area contributed by atoms with E-state index in [1.807, 2.05) is 75.4 Å². The van der Waals surface area contributed by atoms with Crippen LogP contribution in [-0.4, -0.2) is 105 Å². The number of amides is 3. The Kier molecular flexibility index (Phi) is 10.4. The van der Waals surface area contributed by atoms with Crippen molar-refractivity contribution in [3.05, 3.63) is 53.3 Å². The van der Waals surface area contributed by atoms with Gasteiger partial charge in [-0.1, -0.05) is 45.0 Å². The van der Waals surface area contributed by atoms with Gasteiger partial charge in [-0.25, -0.2) is 4.98 Å². The fourth-order valence-electron chi connectivity index (χ4n) is 6.18. The number of hydrogen-bond donors (Lipinski definition) is 4. The van der Waals surface area contributed by atoms with Crippen LogP contribution in [0.15, 0.2) is 42.0 Å². The fourth-order valence-corrected chi connectivity index (χ4v) is 6.99. The van der Waals surface area contributed by atoms with Crippen molar-refractivity contribution in [3.8, 4) is 10.4 Å². The number of nitrogens with zero attached hydrogens (tertiary/aromatic N) is 6. The molecule has 252 valence electrons. The van der Waals surface area contributed by atoms with Gasteiger partial charge in [-0.3, -0.25) is 19.3 Å². The Morgan fingerprint density at radius 1 is 1.09 bits per heavy atom. The normalized spacial score (nSPS) is 20.1. The third kappa shape index (κ3) is 8.06. The van der Waals surface area contributed by atoms with Crippen LogP contribution in [0.5, 0.6) is 0 Å². The summed E-state index contributed by atoms with van der Waals surface area (Å²) in [6, 6.07) is 7.74. The van der Waals surface area contributed by atoms with Crippen molar-refractivity contribution in [1.82, 2.24) is 35.6 Å². The number of anilines is 2. The Balaban J connectivity index is 1.19. The predicted molar refractivity (Wildman–Crippen MR) is 181 cm³/mol. The highest BCUT2D eigenvalue weighted by Crippen LogP contribution is 2.30. The SMILES string of the molecule is Cc1ncsc1-c1ccc([C@H](C)NC(=O)[C@@H]2C[C@@H](O)CN2C(=O)C(NC(=O)CN2CCN(c3ccnnc3N)CC2)C(C)(C)C)cc1. The Hall–Kier alpha value is -4.14. The molecule has 1 unspecified atom stereocenters. The molecular weight excluding hydrogens is 618 g/mol. The number of likely N-dealkylation sites (tertiary alicyclic amines) is 1. The maximum absolute atomic E-state index is 14.0. The number of carbonyl (C=O) groups is 3. The van der Waals surface area contributed by atoms with Crippen LogP contribution in [0.1, 0.15) is 51.4 Å². The Morgan fingerprint density at radius 2 is 1.79 bits per heavy atom. The number of carbonyl (C=O) groups excluding carboxylic acids is 3. The van der Waals surface area contributed by atoms with Gasteiger partial charge in [-0.15, -0.1) is 16.4 Å². The number of benzene rings is 1. The molecule has 2 aromatic heterocycles. The molecule has 5 rings (SSSR count). The van der Waals surface area contributed by atoms with Gasteiger partial charge in [0.25, 0.3) is 0 Å². The minimum atomic E-state index is -0.889. The van der Waals surface area contributed by atoms with E-state index >= 15 is 0 Å². The van der Waals surface area contributed by atoms with Gasteiger partial charge in [0.05, 0.1) is 46.7 Å². The number of hydrogen-bond acceptors (Lipinski definition) is 11. The summed E-state index contributed by atoms with van der Waals surface area (Å²) >= 11 is 1.58. The molecule has 2 saturated heterocycles. The number of piperazine rings is 1. The van der Waals surface area contributed by atoms with E-state index in [1.54, 1.807) is 17.5 Å². The highest BCUT2D eigenvalue weighted by molar-refractivity contribution is 7.13. The van der Waals surface area contributed by atoms with Gasteiger partial charge in [0.2, 0.25) is 17.7 Å². The molecule has 14 heteroatoms. The van der Waals surface area contributed by atoms with Crippen molar-refractivity contribution >= 4 is 40.6 Å². The van der Waals surface area contributed by atoms with E-state index in [2.05, 4.69) is 30.7 Å². The number of aryl methyl sites for hydroxylation is 1. The fraction of sp³-hybridized carbons (Fsp3) is 0.515. The smallest absolute Gasteiger partial charge is 0.246 e. The molecule has 0 spiro atoms. The van der Waals surface area contributed by atoms with Crippen molar-refractivity contribution in [1.29, 1.82) is 0 Å². The number of β-amino-alcohol motifs (C(OH)–C–C–N with tert-alkyl or cyclic N) is 1. The average Bonchev–Trinajstić information content (AvgIpc) is 3.65. The number of nitrogen functional groups attached to an aromatic ring is 1. The van der Waals surface area contributed by atoms with Crippen LogP contribution >= 0.6 is 11.3 Å². The first-order valence-corrected chi connectivity index (χ1v) is 16.8. The van der Waals surface area contributed by atoms with Crippen LogP contribution in [0.2, 0.25) is 0 Å². The number of nitrogens with two attached hydrogens (primary N) is 1. The van der Waals surface area contributed by atoms with E-state index in [0.717, 1.165) is 27.4 Å². The minimum absolute atomic E-state index is 0.0194. The number of rotatable bonds is 9. The lowest BCUT2D eigenvalue weighted by Gasteiger charge is -2.37. The molecule has 3 amide bonds. The highest BCUT2D eigenvalue weighted by atomic mass is 32.1. The van der Waals surface area contributed by atoms with Gasteiger partial charge in [0.15, 0.2) is 5.82 Å². The summed E-state index contributed by atoms with van der Waals surface area (Å²) < 4.78 is 0. The third-order valence-electron chi connectivity index (χ3n) is 8.87. The van der Waals surface area contributed by atoms with Crippen LogP contribution in [0.25, 0.3) is 10.4 Å². The molecular formula is C33H45N9O4S. The first-order valence-electron chi connectivity index (χ1n) is 15.9. The molecule has 0 bridgehead atoms. The summed E-state index contributed by atoms with van der Waals surface area (Å²) in [5, 5.41) is 24.3.